The van der Waals surface area contributed by atoms with E-state index in [1.165, 1.54) is 28.8 Å². The summed E-state index contributed by atoms with van der Waals surface area (Å²) in [4.78, 5) is 14.4. The van der Waals surface area contributed by atoms with E-state index in [1.807, 2.05) is 22.9 Å². The maximum absolute atomic E-state index is 12.9. The van der Waals surface area contributed by atoms with E-state index in [-0.39, 0.29) is 11.7 Å². The van der Waals surface area contributed by atoms with Crippen LogP contribution >= 0.6 is 35.3 Å². The molecule has 0 spiro atoms. The van der Waals surface area contributed by atoms with Gasteiger partial charge in [-0.05, 0) is 52.7 Å². The second kappa shape index (κ2) is 5.47. The van der Waals surface area contributed by atoms with Crippen LogP contribution in [0.15, 0.2) is 46.0 Å². The second-order valence-electron chi connectivity index (χ2n) is 4.05. The molecule has 1 amide bonds. The Hall–Kier alpha value is -1.50. The molecule has 0 aliphatic carbocycles. The van der Waals surface area contributed by atoms with E-state index >= 15 is 0 Å². The monoisotopic (exact) mass is 321 g/mol. The quantitative estimate of drug-likeness (QED) is 0.608. The van der Waals surface area contributed by atoms with Gasteiger partial charge in [0.05, 0.1) is 10.6 Å². The van der Waals surface area contributed by atoms with Crippen LogP contribution in [-0.2, 0) is 4.79 Å². The molecule has 0 unspecified atom stereocenters. The summed E-state index contributed by atoms with van der Waals surface area (Å²) in [6.07, 6.45) is 1.82. The smallest absolute Gasteiger partial charge is 0.268 e. The van der Waals surface area contributed by atoms with Gasteiger partial charge >= 0.3 is 0 Å². The van der Waals surface area contributed by atoms with Gasteiger partial charge in [0.25, 0.3) is 5.91 Å². The molecule has 6 heteroatoms. The molecule has 0 atom stereocenters. The number of amides is 1. The number of nitrogens with zero attached hydrogens (tertiary/aromatic N) is 1. The maximum Gasteiger partial charge on any atom is 0.270 e. The molecule has 1 aromatic carbocycles. The normalized spacial score (nSPS) is 17.2. The molecule has 100 valence electrons. The number of carbonyl (C=O) groups is 1. The molecular formula is C14H8FNOS3. The van der Waals surface area contributed by atoms with Crippen molar-refractivity contribution in [2.24, 2.45) is 0 Å². The molecule has 3 rings (SSSR count). The third-order valence-corrected chi connectivity index (χ3v) is 4.72. The van der Waals surface area contributed by atoms with Crippen LogP contribution in [0.1, 0.15) is 5.56 Å². The molecule has 2 heterocycles. The molecule has 0 saturated carbocycles. The van der Waals surface area contributed by atoms with Gasteiger partial charge in [-0.15, -0.1) is 0 Å². The Balaban J connectivity index is 1.93. The van der Waals surface area contributed by atoms with Crippen molar-refractivity contribution in [1.29, 1.82) is 0 Å². The first kappa shape index (κ1) is 13.5. The maximum atomic E-state index is 12.9. The molecule has 20 heavy (non-hydrogen) atoms. The SMILES string of the molecule is O=C1/C(=C\c2ccsc2)SC(=S)N1c1ccc(F)cc1. The van der Waals surface area contributed by atoms with E-state index in [2.05, 4.69) is 0 Å². The first-order valence-corrected chi connectivity index (χ1v) is 7.87. The Morgan fingerprint density at radius 2 is 1.95 bits per heavy atom. The van der Waals surface area contributed by atoms with Crippen LogP contribution in [0.5, 0.6) is 0 Å². The summed E-state index contributed by atoms with van der Waals surface area (Å²) in [6.45, 7) is 0. The lowest BCUT2D eigenvalue weighted by atomic mass is 10.2. The lowest BCUT2D eigenvalue weighted by molar-refractivity contribution is -0.113. The van der Waals surface area contributed by atoms with E-state index in [0.717, 1.165) is 5.56 Å². The van der Waals surface area contributed by atoms with Gasteiger partial charge in [-0.3, -0.25) is 9.69 Å². The molecule has 0 radical (unpaired) electrons. The zero-order chi connectivity index (χ0) is 14.1. The summed E-state index contributed by atoms with van der Waals surface area (Å²) >= 11 is 8.07. The molecular weight excluding hydrogens is 313 g/mol. The van der Waals surface area contributed by atoms with Gasteiger partial charge in [0, 0.05) is 0 Å². The minimum atomic E-state index is -0.340. The zero-order valence-corrected chi connectivity index (χ0v) is 12.5. The molecule has 0 bridgehead atoms. The molecule has 1 fully saturated rings. The van der Waals surface area contributed by atoms with Crippen molar-refractivity contribution >= 4 is 57.3 Å². The third-order valence-electron chi connectivity index (χ3n) is 2.72. The summed E-state index contributed by atoms with van der Waals surface area (Å²) in [5, 5.41) is 3.91. The summed E-state index contributed by atoms with van der Waals surface area (Å²) in [6, 6.07) is 7.67. The molecule has 2 aromatic rings. The highest BCUT2D eigenvalue weighted by molar-refractivity contribution is 8.27. The number of hydrogen-bond acceptors (Lipinski definition) is 4. The Labute approximate surface area is 128 Å². The van der Waals surface area contributed by atoms with Crippen LogP contribution in [0.2, 0.25) is 0 Å². The number of carbonyl (C=O) groups excluding carboxylic acids is 1. The largest absolute Gasteiger partial charge is 0.270 e. The Kier molecular flexibility index (Phi) is 3.69. The fraction of sp³-hybridized carbons (Fsp3) is 0. The predicted octanol–water partition coefficient (Wildman–Crippen LogP) is 4.29. The fourth-order valence-electron chi connectivity index (χ4n) is 1.79. The minimum Gasteiger partial charge on any atom is -0.268 e. The van der Waals surface area contributed by atoms with Gasteiger partial charge in [-0.2, -0.15) is 11.3 Å². The van der Waals surface area contributed by atoms with Crippen molar-refractivity contribution in [3.63, 3.8) is 0 Å². The van der Waals surface area contributed by atoms with Gasteiger partial charge in [0.2, 0.25) is 0 Å². The topological polar surface area (TPSA) is 20.3 Å². The molecule has 1 aliphatic rings. The average Bonchev–Trinajstić information content (AvgIpc) is 3.02. The molecule has 2 nitrogen and oxygen atoms in total. The van der Waals surface area contributed by atoms with Gasteiger partial charge in [-0.1, -0.05) is 24.0 Å². The zero-order valence-electron chi connectivity index (χ0n) is 10.1. The van der Waals surface area contributed by atoms with Crippen LogP contribution in [-0.4, -0.2) is 10.2 Å². The molecule has 1 aliphatic heterocycles. The van der Waals surface area contributed by atoms with Crippen molar-refractivity contribution in [3.8, 4) is 0 Å². The third kappa shape index (κ3) is 2.54. The number of benzene rings is 1. The minimum absolute atomic E-state index is 0.169. The summed E-state index contributed by atoms with van der Waals surface area (Å²) in [5.74, 6) is -0.509. The van der Waals surface area contributed by atoms with Crippen molar-refractivity contribution in [2.45, 2.75) is 0 Å². The Morgan fingerprint density at radius 1 is 1.20 bits per heavy atom. The molecule has 0 N–H and O–H groups in total. The van der Waals surface area contributed by atoms with Gasteiger partial charge in [-0.25, -0.2) is 4.39 Å². The highest BCUT2D eigenvalue weighted by atomic mass is 32.2. The Morgan fingerprint density at radius 3 is 2.60 bits per heavy atom. The summed E-state index contributed by atoms with van der Waals surface area (Å²) in [7, 11) is 0. The highest BCUT2D eigenvalue weighted by Crippen LogP contribution is 2.36. The van der Waals surface area contributed by atoms with E-state index in [4.69, 9.17) is 12.2 Å². The number of thioether (sulfide) groups is 1. The standard InChI is InChI=1S/C14H8FNOS3/c15-10-1-3-11(4-2-10)16-13(17)12(20-14(16)18)7-9-5-6-19-8-9/h1-8H/b12-7+. The van der Waals surface area contributed by atoms with Crippen LogP contribution in [0.4, 0.5) is 10.1 Å². The molecule has 1 aromatic heterocycles. The number of anilines is 1. The summed E-state index contributed by atoms with van der Waals surface area (Å²) < 4.78 is 13.4. The predicted molar refractivity (Wildman–Crippen MR) is 86.4 cm³/mol. The van der Waals surface area contributed by atoms with Gasteiger partial charge in [0.1, 0.15) is 5.82 Å². The number of rotatable bonds is 2. The van der Waals surface area contributed by atoms with E-state index < -0.39 is 0 Å². The van der Waals surface area contributed by atoms with E-state index in [0.29, 0.717) is 14.9 Å². The second-order valence-corrected chi connectivity index (χ2v) is 6.51. The number of halogens is 1. The number of thiophene rings is 1. The van der Waals surface area contributed by atoms with Gasteiger partial charge < -0.3 is 0 Å². The van der Waals surface area contributed by atoms with Crippen LogP contribution < -0.4 is 4.90 Å². The summed E-state index contributed by atoms with van der Waals surface area (Å²) in [5.41, 5.74) is 1.57. The van der Waals surface area contributed by atoms with Crippen molar-refractivity contribution in [3.05, 3.63) is 57.4 Å². The molecule has 1 saturated heterocycles. The van der Waals surface area contributed by atoms with E-state index in [9.17, 15) is 9.18 Å². The van der Waals surface area contributed by atoms with E-state index in [1.54, 1.807) is 23.5 Å². The first-order chi connectivity index (χ1) is 9.65. The average molecular weight is 321 g/mol. The van der Waals surface area contributed by atoms with Crippen molar-refractivity contribution < 1.29 is 9.18 Å². The van der Waals surface area contributed by atoms with Crippen LogP contribution in [0.25, 0.3) is 6.08 Å². The first-order valence-electron chi connectivity index (χ1n) is 5.71. The van der Waals surface area contributed by atoms with Gasteiger partial charge in [0.15, 0.2) is 4.32 Å². The highest BCUT2D eigenvalue weighted by Gasteiger charge is 2.33. The number of thiocarbonyl (C=S) groups is 1. The fourth-order valence-corrected chi connectivity index (χ4v) is 3.71. The van der Waals surface area contributed by atoms with Crippen LogP contribution in [0, 0.1) is 5.82 Å². The lowest BCUT2D eigenvalue weighted by Gasteiger charge is -2.14. The van der Waals surface area contributed by atoms with Crippen LogP contribution in [0.3, 0.4) is 0 Å². The Bertz CT molecular complexity index is 692. The number of hydrogen-bond donors (Lipinski definition) is 0. The lowest BCUT2D eigenvalue weighted by Crippen LogP contribution is -2.27. The van der Waals surface area contributed by atoms with Crippen molar-refractivity contribution in [1.82, 2.24) is 0 Å². The van der Waals surface area contributed by atoms with Crippen molar-refractivity contribution in [2.75, 3.05) is 4.90 Å².